The average Bonchev–Trinajstić information content (AvgIpc) is 2.25. The van der Waals surface area contributed by atoms with Gasteiger partial charge in [-0.05, 0) is 23.6 Å². The molecular formula is C12H15NO2. The maximum Gasteiger partial charge on any atom is 0.286 e. The predicted octanol–water partition coefficient (Wildman–Crippen LogP) is 2.72. The van der Waals surface area contributed by atoms with E-state index in [-0.39, 0.29) is 0 Å². The fourth-order valence-electron chi connectivity index (χ4n) is 1.06. The Hall–Kier alpha value is -1.69. The van der Waals surface area contributed by atoms with Gasteiger partial charge in [-0.25, -0.2) is 0 Å². The highest BCUT2D eigenvalue weighted by atomic mass is 16.5. The van der Waals surface area contributed by atoms with E-state index in [0.717, 1.165) is 11.3 Å². The summed E-state index contributed by atoms with van der Waals surface area (Å²) in [6.45, 7) is 5.25. The average molecular weight is 205 g/mol. The molecule has 0 aliphatic carbocycles. The van der Waals surface area contributed by atoms with Crippen LogP contribution in [0.4, 0.5) is 0 Å². The van der Waals surface area contributed by atoms with Gasteiger partial charge in [0, 0.05) is 0 Å². The highest BCUT2D eigenvalue weighted by molar-refractivity contribution is 5.26. The van der Waals surface area contributed by atoms with Crippen LogP contribution in [0.2, 0.25) is 0 Å². The molecule has 0 radical (unpaired) electrons. The van der Waals surface area contributed by atoms with Gasteiger partial charge in [-0.15, -0.1) is 0 Å². The molecule has 0 aromatic heterocycles. The molecule has 0 unspecified atom stereocenters. The van der Waals surface area contributed by atoms with Crippen molar-refractivity contribution in [2.45, 2.75) is 20.5 Å². The molecule has 0 atom stereocenters. The second-order valence-electron chi connectivity index (χ2n) is 3.73. The van der Waals surface area contributed by atoms with E-state index in [9.17, 15) is 0 Å². The Morgan fingerprint density at radius 1 is 1.27 bits per heavy atom. The van der Waals surface area contributed by atoms with Crippen LogP contribution in [-0.2, 0) is 11.3 Å². The molecule has 0 spiro atoms. The monoisotopic (exact) mass is 205 g/mol. The molecule has 3 nitrogen and oxygen atoms in total. The highest BCUT2D eigenvalue weighted by Crippen LogP contribution is 2.13. The van der Waals surface area contributed by atoms with Gasteiger partial charge < -0.3 is 9.47 Å². The molecule has 0 saturated carbocycles. The Kier molecular flexibility index (Phi) is 4.49. The zero-order chi connectivity index (χ0) is 11.1. The third-order valence-electron chi connectivity index (χ3n) is 1.81. The number of benzene rings is 1. The molecule has 1 aromatic carbocycles. The lowest BCUT2D eigenvalue weighted by Gasteiger charge is -2.08. The van der Waals surface area contributed by atoms with E-state index in [1.54, 1.807) is 6.26 Å². The largest absolute Gasteiger partial charge is 0.493 e. The van der Waals surface area contributed by atoms with Crippen molar-refractivity contribution in [1.82, 2.24) is 0 Å². The minimum atomic E-state index is 0.320. The van der Waals surface area contributed by atoms with Crippen LogP contribution in [0, 0.1) is 17.4 Å². The second-order valence-corrected chi connectivity index (χ2v) is 3.73. The Labute approximate surface area is 90.2 Å². The molecule has 0 amide bonds. The summed E-state index contributed by atoms with van der Waals surface area (Å²) in [5.74, 6) is 1.37. The predicted molar refractivity (Wildman–Crippen MR) is 57.2 cm³/mol. The standard InChI is InChI=1S/C12H15NO2/c1-10(2)7-15-12-5-3-11(4-6-12)8-14-9-13/h3-6,10H,7-8H2,1-2H3. The Balaban J connectivity index is 2.46. The minimum absolute atomic E-state index is 0.320. The van der Waals surface area contributed by atoms with Gasteiger partial charge in [-0.3, -0.25) is 0 Å². The molecule has 1 rings (SSSR count). The van der Waals surface area contributed by atoms with Crippen molar-refractivity contribution in [3.05, 3.63) is 29.8 Å². The van der Waals surface area contributed by atoms with Crippen LogP contribution >= 0.6 is 0 Å². The number of nitrogens with zero attached hydrogens (tertiary/aromatic N) is 1. The van der Waals surface area contributed by atoms with Crippen LogP contribution in [0.15, 0.2) is 24.3 Å². The molecule has 3 heteroatoms. The SMILES string of the molecule is CC(C)COc1ccc(COC#N)cc1. The molecule has 80 valence electrons. The number of hydrogen-bond acceptors (Lipinski definition) is 3. The van der Waals surface area contributed by atoms with E-state index in [1.165, 1.54) is 0 Å². The van der Waals surface area contributed by atoms with Gasteiger partial charge in [0.25, 0.3) is 6.26 Å². The fraction of sp³-hybridized carbons (Fsp3) is 0.417. The summed E-state index contributed by atoms with van der Waals surface area (Å²) in [5, 5.41) is 8.23. The fourth-order valence-corrected chi connectivity index (χ4v) is 1.06. The first-order chi connectivity index (χ1) is 7.22. The zero-order valence-corrected chi connectivity index (χ0v) is 9.06. The molecule has 1 aromatic rings. The molecule has 0 saturated heterocycles. The van der Waals surface area contributed by atoms with Crippen molar-refractivity contribution in [3.8, 4) is 12.0 Å². The van der Waals surface area contributed by atoms with Crippen LogP contribution in [-0.4, -0.2) is 6.61 Å². The summed E-state index contributed by atoms with van der Waals surface area (Å²) in [6.07, 6.45) is 1.64. The highest BCUT2D eigenvalue weighted by Gasteiger charge is 1.98. The Bertz CT molecular complexity index is 324. The lowest BCUT2D eigenvalue weighted by molar-refractivity contribution is 0.256. The summed E-state index contributed by atoms with van der Waals surface area (Å²) in [6, 6.07) is 7.57. The van der Waals surface area contributed by atoms with Crippen molar-refractivity contribution in [2.75, 3.05) is 6.61 Å². The molecule has 0 bridgehead atoms. The Morgan fingerprint density at radius 2 is 1.93 bits per heavy atom. The number of rotatable bonds is 5. The molecule has 0 N–H and O–H groups in total. The summed E-state index contributed by atoms with van der Waals surface area (Å²) in [5.41, 5.74) is 0.966. The van der Waals surface area contributed by atoms with Crippen molar-refractivity contribution >= 4 is 0 Å². The summed E-state index contributed by atoms with van der Waals surface area (Å²) in [4.78, 5) is 0. The van der Waals surface area contributed by atoms with Gasteiger partial charge in [0.1, 0.15) is 12.4 Å². The minimum Gasteiger partial charge on any atom is -0.493 e. The van der Waals surface area contributed by atoms with Gasteiger partial charge in [-0.1, -0.05) is 26.0 Å². The third-order valence-corrected chi connectivity index (χ3v) is 1.81. The van der Waals surface area contributed by atoms with Crippen molar-refractivity contribution < 1.29 is 9.47 Å². The van der Waals surface area contributed by atoms with E-state index in [0.29, 0.717) is 19.1 Å². The number of nitriles is 1. The molecular weight excluding hydrogens is 190 g/mol. The second kappa shape index (κ2) is 5.92. The van der Waals surface area contributed by atoms with Gasteiger partial charge in [-0.2, -0.15) is 5.26 Å². The normalized spacial score (nSPS) is 9.73. The number of ether oxygens (including phenoxy) is 2. The maximum atomic E-state index is 8.23. The van der Waals surface area contributed by atoms with Crippen LogP contribution in [0.25, 0.3) is 0 Å². The third kappa shape index (κ3) is 4.37. The first-order valence-corrected chi connectivity index (χ1v) is 4.95. The first kappa shape index (κ1) is 11.4. The quantitative estimate of drug-likeness (QED) is 0.694. The lowest BCUT2D eigenvalue weighted by atomic mass is 10.2. The molecule has 15 heavy (non-hydrogen) atoms. The van der Waals surface area contributed by atoms with Crippen molar-refractivity contribution in [1.29, 1.82) is 5.26 Å². The first-order valence-electron chi connectivity index (χ1n) is 4.95. The Morgan fingerprint density at radius 3 is 2.47 bits per heavy atom. The lowest BCUT2D eigenvalue weighted by Crippen LogP contribution is -2.04. The zero-order valence-electron chi connectivity index (χ0n) is 9.06. The van der Waals surface area contributed by atoms with Crippen LogP contribution in [0.5, 0.6) is 5.75 Å². The van der Waals surface area contributed by atoms with Gasteiger partial charge >= 0.3 is 0 Å². The summed E-state index contributed by atoms with van der Waals surface area (Å²) >= 11 is 0. The smallest absolute Gasteiger partial charge is 0.286 e. The van der Waals surface area contributed by atoms with Gasteiger partial charge in [0.2, 0.25) is 0 Å². The van der Waals surface area contributed by atoms with E-state index in [2.05, 4.69) is 18.6 Å². The molecule has 0 aliphatic rings. The van der Waals surface area contributed by atoms with E-state index < -0.39 is 0 Å². The van der Waals surface area contributed by atoms with Crippen molar-refractivity contribution in [2.24, 2.45) is 5.92 Å². The molecule has 0 aliphatic heterocycles. The van der Waals surface area contributed by atoms with Crippen LogP contribution in [0.1, 0.15) is 19.4 Å². The van der Waals surface area contributed by atoms with Gasteiger partial charge in [0.15, 0.2) is 0 Å². The molecule has 0 heterocycles. The van der Waals surface area contributed by atoms with E-state index in [1.807, 2.05) is 24.3 Å². The van der Waals surface area contributed by atoms with Crippen molar-refractivity contribution in [3.63, 3.8) is 0 Å². The van der Waals surface area contributed by atoms with Gasteiger partial charge in [0.05, 0.1) is 6.61 Å². The maximum absolute atomic E-state index is 8.23. The topological polar surface area (TPSA) is 42.2 Å². The summed E-state index contributed by atoms with van der Waals surface area (Å²) < 4.78 is 10.1. The number of hydrogen-bond donors (Lipinski definition) is 0. The van der Waals surface area contributed by atoms with Crippen LogP contribution < -0.4 is 4.74 Å². The van der Waals surface area contributed by atoms with Crippen LogP contribution in [0.3, 0.4) is 0 Å². The molecule has 0 fully saturated rings. The van der Waals surface area contributed by atoms with E-state index >= 15 is 0 Å². The van der Waals surface area contributed by atoms with E-state index in [4.69, 9.17) is 10.00 Å². The summed E-state index contributed by atoms with van der Waals surface area (Å²) in [7, 11) is 0.